The third kappa shape index (κ3) is 3.24. The van der Waals surface area contributed by atoms with Gasteiger partial charge in [-0.05, 0) is 25.0 Å². The first-order valence-electron chi connectivity index (χ1n) is 5.62. The second-order valence-electron chi connectivity index (χ2n) is 3.92. The molecule has 0 saturated carbocycles. The van der Waals surface area contributed by atoms with E-state index in [9.17, 15) is 13.2 Å². The van der Waals surface area contributed by atoms with Crippen LogP contribution >= 0.6 is 0 Å². The third-order valence-electron chi connectivity index (χ3n) is 2.54. The molecule has 0 heterocycles. The largest absolute Gasteiger partial charge is 0.451 e. The van der Waals surface area contributed by atoms with E-state index in [4.69, 9.17) is 5.53 Å². The molecule has 0 N–H and O–H groups in total. The average Bonchev–Trinajstić information content (AvgIpc) is 2.37. The number of carbonyl (C=O) groups is 1. The van der Waals surface area contributed by atoms with Crippen LogP contribution in [0.4, 0.5) is 0 Å². The maximum absolute atomic E-state index is 12.3. The van der Waals surface area contributed by atoms with Crippen LogP contribution in [0.15, 0.2) is 41.8 Å². The van der Waals surface area contributed by atoms with E-state index in [0.717, 1.165) is 0 Å². The first-order chi connectivity index (χ1) is 8.95. The molecule has 0 aromatic heterocycles. The van der Waals surface area contributed by atoms with Crippen LogP contribution in [0.3, 0.4) is 0 Å². The highest BCUT2D eigenvalue weighted by molar-refractivity contribution is 8.08. The smallest absolute Gasteiger partial charge is 0.360 e. The van der Waals surface area contributed by atoms with Crippen LogP contribution < -0.4 is 0 Å². The summed E-state index contributed by atoms with van der Waals surface area (Å²) in [5.41, 5.74) is 9.33. The molecule has 1 aromatic carbocycles. The predicted octanol–water partition coefficient (Wildman–Crippen LogP) is 1.93. The zero-order valence-electron chi connectivity index (χ0n) is 10.5. The number of Topliss-reactive ketones (excluding diaryl/α,β-unsaturated/α-hetero) is 1. The molecule has 0 aliphatic carbocycles. The van der Waals surface area contributed by atoms with Crippen LogP contribution in [0.2, 0.25) is 0 Å². The molecule has 0 bridgehead atoms. The lowest BCUT2D eigenvalue weighted by atomic mass is 10.2. The Morgan fingerprint density at radius 2 is 2.05 bits per heavy atom. The fraction of sp³-hybridized carbons (Fsp3) is 0.231. The Morgan fingerprint density at radius 3 is 2.58 bits per heavy atom. The second kappa shape index (κ2) is 6.22. The summed E-state index contributed by atoms with van der Waals surface area (Å²) in [6, 6.07) is 6.21. The van der Waals surface area contributed by atoms with Crippen molar-refractivity contribution in [2.45, 2.75) is 24.7 Å². The Labute approximate surface area is 112 Å². The van der Waals surface area contributed by atoms with Crippen molar-refractivity contribution < 1.29 is 18.0 Å². The second-order valence-corrected chi connectivity index (χ2v) is 5.76. The minimum absolute atomic E-state index is 0.0326. The maximum Gasteiger partial charge on any atom is 0.451 e. The molecular formula is C13H14N2O3S. The highest BCUT2D eigenvalue weighted by atomic mass is 32.2. The van der Waals surface area contributed by atoms with E-state index in [1.165, 1.54) is 12.1 Å². The Hall–Kier alpha value is -2.04. The van der Waals surface area contributed by atoms with Crippen LogP contribution in [-0.2, 0) is 14.6 Å². The normalized spacial score (nSPS) is 10.6. The van der Waals surface area contributed by atoms with E-state index >= 15 is 0 Å². The number of ketones is 1. The molecular weight excluding hydrogens is 264 g/mol. The van der Waals surface area contributed by atoms with Gasteiger partial charge in [0.05, 0.1) is 4.90 Å². The lowest BCUT2D eigenvalue weighted by Gasteiger charge is -2.02. The molecule has 0 amide bonds. The Morgan fingerprint density at radius 1 is 1.42 bits per heavy atom. The quantitative estimate of drug-likeness (QED) is 0.271. The third-order valence-corrected chi connectivity index (χ3v) is 4.40. The Kier molecular flexibility index (Phi) is 4.92. The fourth-order valence-corrected chi connectivity index (χ4v) is 3.03. The molecule has 0 aliphatic heterocycles. The Bertz CT molecular complexity index is 656. The summed E-state index contributed by atoms with van der Waals surface area (Å²) < 4.78 is 24.5. The van der Waals surface area contributed by atoms with Crippen LogP contribution in [0.5, 0.6) is 0 Å². The molecule has 5 nitrogen and oxygen atoms in total. The number of carbonyl (C=O) groups excluding carboxylic acids is 1. The number of benzene rings is 1. The lowest BCUT2D eigenvalue weighted by Crippen LogP contribution is -2.26. The van der Waals surface area contributed by atoms with Crippen molar-refractivity contribution in [2.24, 2.45) is 0 Å². The highest BCUT2D eigenvalue weighted by Gasteiger charge is 2.37. The van der Waals surface area contributed by atoms with Crippen molar-refractivity contribution in [1.29, 1.82) is 0 Å². The van der Waals surface area contributed by atoms with E-state index in [2.05, 4.69) is 11.4 Å². The monoisotopic (exact) mass is 278 g/mol. The van der Waals surface area contributed by atoms with Gasteiger partial charge in [0.1, 0.15) is 0 Å². The summed E-state index contributed by atoms with van der Waals surface area (Å²) in [6.07, 6.45) is 1.75. The van der Waals surface area contributed by atoms with E-state index in [0.29, 0.717) is 12.0 Å². The minimum Gasteiger partial charge on any atom is -0.360 e. The molecule has 100 valence electrons. The van der Waals surface area contributed by atoms with Crippen LogP contribution in [-0.4, -0.2) is 24.0 Å². The van der Waals surface area contributed by atoms with Crippen molar-refractivity contribution in [2.75, 3.05) is 0 Å². The molecule has 0 saturated heterocycles. The summed E-state index contributed by atoms with van der Waals surface area (Å²) >= 11 is 0. The number of hydrogen-bond acceptors (Lipinski definition) is 3. The summed E-state index contributed by atoms with van der Waals surface area (Å²) in [6.45, 7) is 5.06. The number of aryl methyl sites for hydroxylation is 1. The van der Waals surface area contributed by atoms with Gasteiger partial charge in [-0.15, -0.1) is 11.4 Å². The topological polar surface area (TPSA) is 87.6 Å². The number of nitrogens with zero attached hydrogens (tertiary/aromatic N) is 2. The van der Waals surface area contributed by atoms with Crippen molar-refractivity contribution in [3.8, 4) is 0 Å². The molecule has 0 fully saturated rings. The number of sulfone groups is 1. The van der Waals surface area contributed by atoms with Gasteiger partial charge in [0, 0.05) is 6.42 Å². The Balaban J connectivity index is 3.26. The molecule has 0 radical (unpaired) electrons. The molecule has 1 rings (SSSR count). The first-order valence-corrected chi connectivity index (χ1v) is 7.10. The summed E-state index contributed by atoms with van der Waals surface area (Å²) in [5, 5.41) is -0.830. The van der Waals surface area contributed by atoms with E-state index in [1.54, 1.807) is 25.1 Å². The van der Waals surface area contributed by atoms with Gasteiger partial charge < -0.3 is 5.53 Å². The SMILES string of the molecule is C=CCCC(=O)C(=[N+]=[N-])S(=O)(=O)c1ccccc1C. The highest BCUT2D eigenvalue weighted by Crippen LogP contribution is 2.17. The van der Waals surface area contributed by atoms with Crippen LogP contribution in [0.1, 0.15) is 18.4 Å². The molecule has 0 atom stereocenters. The molecule has 0 unspecified atom stereocenters. The lowest BCUT2D eigenvalue weighted by molar-refractivity contribution is -0.116. The van der Waals surface area contributed by atoms with Gasteiger partial charge >= 0.3 is 5.04 Å². The van der Waals surface area contributed by atoms with Gasteiger partial charge in [0.2, 0.25) is 0 Å². The number of hydrogen-bond donors (Lipinski definition) is 0. The predicted molar refractivity (Wildman–Crippen MR) is 71.4 cm³/mol. The van der Waals surface area contributed by atoms with Crippen LogP contribution in [0.25, 0.3) is 5.53 Å². The van der Waals surface area contributed by atoms with E-state index in [-0.39, 0.29) is 11.3 Å². The molecule has 0 spiro atoms. The number of rotatable bonds is 5. The summed E-state index contributed by atoms with van der Waals surface area (Å²) in [7, 11) is -4.10. The fourth-order valence-electron chi connectivity index (χ4n) is 1.56. The zero-order valence-corrected chi connectivity index (χ0v) is 11.4. The van der Waals surface area contributed by atoms with Gasteiger partial charge in [0.25, 0.3) is 15.6 Å². The van der Waals surface area contributed by atoms with Crippen molar-refractivity contribution >= 4 is 20.7 Å². The first kappa shape index (κ1) is 15.0. The summed E-state index contributed by atoms with van der Waals surface area (Å²) in [4.78, 5) is 14.4. The minimum atomic E-state index is -4.10. The van der Waals surface area contributed by atoms with Gasteiger partial charge in [0.15, 0.2) is 0 Å². The van der Waals surface area contributed by atoms with Gasteiger partial charge in [-0.3, -0.25) is 4.79 Å². The molecule has 6 heteroatoms. The molecule has 0 aliphatic rings. The average molecular weight is 278 g/mol. The van der Waals surface area contributed by atoms with Gasteiger partial charge in [-0.1, -0.05) is 24.3 Å². The maximum atomic E-state index is 12.3. The standard InChI is InChI=1S/C13H14N2O3S/c1-3-4-8-11(16)13(15-14)19(17,18)12-9-6-5-7-10(12)2/h3,5-7,9H,1,4,8H2,2H3. The van der Waals surface area contributed by atoms with Crippen LogP contribution in [0, 0.1) is 6.92 Å². The van der Waals surface area contributed by atoms with Crippen molar-refractivity contribution in [3.63, 3.8) is 0 Å². The van der Waals surface area contributed by atoms with Gasteiger partial charge in [-0.2, -0.15) is 0 Å². The zero-order chi connectivity index (χ0) is 14.5. The van der Waals surface area contributed by atoms with E-state index < -0.39 is 20.7 Å². The van der Waals surface area contributed by atoms with Crippen molar-refractivity contribution in [3.05, 3.63) is 48.0 Å². The van der Waals surface area contributed by atoms with Gasteiger partial charge in [-0.25, -0.2) is 8.42 Å². The van der Waals surface area contributed by atoms with Crippen molar-refractivity contribution in [1.82, 2.24) is 0 Å². The number of allylic oxidation sites excluding steroid dienone is 1. The van der Waals surface area contributed by atoms with E-state index in [1.807, 2.05) is 0 Å². The summed E-state index contributed by atoms with van der Waals surface area (Å²) in [5.74, 6) is -0.731. The molecule has 1 aromatic rings. The molecule has 19 heavy (non-hydrogen) atoms.